The first-order valence-electron chi connectivity index (χ1n) is 5.82. The molecule has 1 atom stereocenters. The van der Waals surface area contributed by atoms with Crippen LogP contribution in [0.3, 0.4) is 0 Å². The molecule has 1 aromatic carbocycles. The highest BCUT2D eigenvalue weighted by atomic mass is 16.3. The van der Waals surface area contributed by atoms with Crippen molar-refractivity contribution in [1.29, 1.82) is 0 Å². The molecule has 0 aromatic heterocycles. The summed E-state index contributed by atoms with van der Waals surface area (Å²) in [4.78, 5) is 15.3. The van der Waals surface area contributed by atoms with Gasteiger partial charge in [-0.25, -0.2) is 4.79 Å². The standard InChI is InChI=1S/C13H18N2O2/c1-10-3-5-11(6-4-10)12-9-14(2)13(17)15(12)7-8-16/h3-6,12,16H,7-9H2,1-2H3. The molecule has 0 aliphatic carbocycles. The minimum absolute atomic E-state index is 0.00193. The second-order valence-corrected chi connectivity index (χ2v) is 4.51. The normalized spacial score (nSPS) is 20.2. The van der Waals surface area contributed by atoms with Crippen LogP contribution in [0.5, 0.6) is 0 Å². The van der Waals surface area contributed by atoms with Gasteiger partial charge in [0, 0.05) is 20.1 Å². The molecule has 0 bridgehead atoms. The molecule has 1 saturated heterocycles. The average molecular weight is 234 g/mol. The lowest BCUT2D eigenvalue weighted by molar-refractivity contribution is 0.172. The second kappa shape index (κ2) is 4.75. The van der Waals surface area contributed by atoms with E-state index in [2.05, 4.69) is 24.3 Å². The van der Waals surface area contributed by atoms with Crippen molar-refractivity contribution < 1.29 is 9.90 Å². The Kier molecular flexibility index (Phi) is 3.33. The van der Waals surface area contributed by atoms with Gasteiger partial charge in [0.05, 0.1) is 12.6 Å². The molecule has 1 N–H and O–H groups in total. The Hall–Kier alpha value is -1.55. The van der Waals surface area contributed by atoms with Gasteiger partial charge in [0.25, 0.3) is 0 Å². The number of aliphatic hydroxyl groups is 1. The molecule has 17 heavy (non-hydrogen) atoms. The number of β-amino-alcohol motifs (C(OH)–C–C–N with tert-alkyl or cyclic N) is 1. The zero-order valence-corrected chi connectivity index (χ0v) is 10.3. The summed E-state index contributed by atoms with van der Waals surface area (Å²) in [6, 6.07) is 8.25. The van der Waals surface area contributed by atoms with E-state index in [0.29, 0.717) is 13.1 Å². The summed E-state index contributed by atoms with van der Waals surface area (Å²) in [6.45, 7) is 3.12. The fourth-order valence-corrected chi connectivity index (χ4v) is 2.22. The molecule has 0 radical (unpaired) electrons. The number of urea groups is 1. The number of hydrogen-bond acceptors (Lipinski definition) is 2. The van der Waals surface area contributed by atoms with Gasteiger partial charge in [-0.15, -0.1) is 0 Å². The Bertz CT molecular complexity index is 402. The Morgan fingerprint density at radius 3 is 2.59 bits per heavy atom. The predicted octanol–water partition coefficient (Wildman–Crippen LogP) is 1.40. The number of nitrogens with zero attached hydrogens (tertiary/aromatic N) is 2. The van der Waals surface area contributed by atoms with Crippen LogP contribution in [0.15, 0.2) is 24.3 Å². The van der Waals surface area contributed by atoms with Crippen molar-refractivity contribution in [2.75, 3.05) is 26.7 Å². The fraction of sp³-hybridized carbons (Fsp3) is 0.462. The molecule has 1 aliphatic rings. The molecule has 4 nitrogen and oxygen atoms in total. The first-order valence-corrected chi connectivity index (χ1v) is 5.82. The molecule has 2 amide bonds. The van der Waals surface area contributed by atoms with Gasteiger partial charge in [0.15, 0.2) is 0 Å². The van der Waals surface area contributed by atoms with Crippen molar-refractivity contribution in [1.82, 2.24) is 9.80 Å². The van der Waals surface area contributed by atoms with Gasteiger partial charge in [0.2, 0.25) is 0 Å². The van der Waals surface area contributed by atoms with E-state index in [4.69, 9.17) is 5.11 Å². The Labute approximate surface area is 101 Å². The number of likely N-dealkylation sites (N-methyl/N-ethyl adjacent to an activating group) is 1. The number of amides is 2. The summed E-state index contributed by atoms with van der Waals surface area (Å²) >= 11 is 0. The van der Waals surface area contributed by atoms with Gasteiger partial charge in [0.1, 0.15) is 0 Å². The zero-order chi connectivity index (χ0) is 12.4. The molecule has 92 valence electrons. The molecular formula is C13H18N2O2. The highest BCUT2D eigenvalue weighted by molar-refractivity contribution is 5.77. The van der Waals surface area contributed by atoms with Crippen molar-refractivity contribution in [3.8, 4) is 0 Å². The summed E-state index contributed by atoms with van der Waals surface area (Å²) in [5.41, 5.74) is 2.34. The average Bonchev–Trinajstić information content (AvgIpc) is 2.59. The fourth-order valence-electron chi connectivity index (χ4n) is 2.22. The van der Waals surface area contributed by atoms with Crippen LogP contribution in [0.1, 0.15) is 17.2 Å². The number of benzene rings is 1. The predicted molar refractivity (Wildman–Crippen MR) is 65.7 cm³/mol. The Morgan fingerprint density at radius 1 is 1.35 bits per heavy atom. The molecule has 1 unspecified atom stereocenters. The van der Waals surface area contributed by atoms with Crippen molar-refractivity contribution in [3.05, 3.63) is 35.4 Å². The molecule has 0 spiro atoms. The quantitative estimate of drug-likeness (QED) is 0.859. The van der Waals surface area contributed by atoms with Gasteiger partial charge >= 0.3 is 6.03 Å². The van der Waals surface area contributed by atoms with Crippen LogP contribution in [0, 0.1) is 6.92 Å². The van der Waals surface area contributed by atoms with Crippen LogP contribution >= 0.6 is 0 Å². The Balaban J connectivity index is 2.24. The first-order chi connectivity index (χ1) is 8.13. The molecule has 1 aliphatic heterocycles. The van der Waals surface area contributed by atoms with E-state index in [1.807, 2.05) is 6.92 Å². The molecule has 4 heteroatoms. The van der Waals surface area contributed by atoms with Crippen molar-refractivity contribution in [2.24, 2.45) is 0 Å². The maximum atomic E-state index is 11.9. The van der Waals surface area contributed by atoms with E-state index in [9.17, 15) is 4.79 Å². The Morgan fingerprint density at radius 2 is 2.00 bits per heavy atom. The van der Waals surface area contributed by atoms with Crippen LogP contribution in [-0.4, -0.2) is 47.7 Å². The molecule has 0 saturated carbocycles. The van der Waals surface area contributed by atoms with Gasteiger partial charge < -0.3 is 14.9 Å². The topological polar surface area (TPSA) is 43.8 Å². The van der Waals surface area contributed by atoms with Crippen LogP contribution < -0.4 is 0 Å². The molecule has 1 aromatic rings. The van der Waals surface area contributed by atoms with E-state index < -0.39 is 0 Å². The minimum Gasteiger partial charge on any atom is -0.395 e. The summed E-state index contributed by atoms with van der Waals surface area (Å²) in [5, 5.41) is 9.03. The summed E-state index contributed by atoms with van der Waals surface area (Å²) in [7, 11) is 1.79. The van der Waals surface area contributed by atoms with Crippen molar-refractivity contribution in [3.63, 3.8) is 0 Å². The second-order valence-electron chi connectivity index (χ2n) is 4.51. The minimum atomic E-state index is -0.00961. The number of aryl methyl sites for hydroxylation is 1. The third-order valence-electron chi connectivity index (χ3n) is 3.20. The molecule has 2 rings (SSSR count). The number of carbonyl (C=O) groups excluding carboxylic acids is 1. The summed E-state index contributed by atoms with van der Waals surface area (Å²) in [6.07, 6.45) is 0. The van der Waals surface area contributed by atoms with Crippen LogP contribution in [0.4, 0.5) is 4.79 Å². The lowest BCUT2D eigenvalue weighted by Crippen LogP contribution is -2.33. The van der Waals surface area contributed by atoms with E-state index >= 15 is 0 Å². The van der Waals surface area contributed by atoms with Crippen LogP contribution in [0.2, 0.25) is 0 Å². The van der Waals surface area contributed by atoms with Crippen molar-refractivity contribution >= 4 is 6.03 Å². The lowest BCUT2D eigenvalue weighted by Gasteiger charge is -2.22. The molecule has 1 fully saturated rings. The molecular weight excluding hydrogens is 216 g/mol. The largest absolute Gasteiger partial charge is 0.395 e. The monoisotopic (exact) mass is 234 g/mol. The smallest absolute Gasteiger partial charge is 0.320 e. The van der Waals surface area contributed by atoms with E-state index in [0.717, 1.165) is 5.56 Å². The highest BCUT2D eigenvalue weighted by Crippen LogP contribution is 2.28. The third-order valence-corrected chi connectivity index (χ3v) is 3.20. The number of carbonyl (C=O) groups is 1. The molecule has 1 heterocycles. The van der Waals surface area contributed by atoms with Crippen LogP contribution in [-0.2, 0) is 0 Å². The highest BCUT2D eigenvalue weighted by Gasteiger charge is 2.35. The van der Waals surface area contributed by atoms with E-state index in [-0.39, 0.29) is 18.7 Å². The number of hydrogen-bond donors (Lipinski definition) is 1. The maximum absolute atomic E-state index is 11.9. The lowest BCUT2D eigenvalue weighted by atomic mass is 10.0. The van der Waals surface area contributed by atoms with Crippen LogP contribution in [0.25, 0.3) is 0 Å². The number of aliphatic hydroxyl groups excluding tert-OH is 1. The number of rotatable bonds is 3. The van der Waals surface area contributed by atoms with Gasteiger partial charge in [-0.3, -0.25) is 0 Å². The maximum Gasteiger partial charge on any atom is 0.320 e. The van der Waals surface area contributed by atoms with E-state index in [1.54, 1.807) is 16.8 Å². The summed E-state index contributed by atoms with van der Waals surface area (Å²) in [5.74, 6) is 0. The van der Waals surface area contributed by atoms with Gasteiger partial charge in [-0.1, -0.05) is 29.8 Å². The van der Waals surface area contributed by atoms with E-state index in [1.165, 1.54) is 5.56 Å². The van der Waals surface area contributed by atoms with Crippen molar-refractivity contribution in [2.45, 2.75) is 13.0 Å². The van der Waals surface area contributed by atoms with Gasteiger partial charge in [-0.05, 0) is 12.5 Å². The first kappa shape index (κ1) is 11.9. The zero-order valence-electron chi connectivity index (χ0n) is 10.3. The summed E-state index contributed by atoms with van der Waals surface area (Å²) < 4.78 is 0. The van der Waals surface area contributed by atoms with Gasteiger partial charge in [-0.2, -0.15) is 0 Å². The SMILES string of the molecule is Cc1ccc(C2CN(C)C(=O)N2CCO)cc1. The third kappa shape index (κ3) is 2.26.